The first-order valence-electron chi connectivity index (χ1n) is 5.97. The molecule has 1 aliphatic rings. The van der Waals surface area contributed by atoms with Gasteiger partial charge >= 0.3 is 0 Å². The van der Waals surface area contributed by atoms with Crippen LogP contribution < -0.4 is 5.32 Å². The number of nitrogens with one attached hydrogen (secondary N) is 1. The molecule has 1 nitrogen and oxygen atoms in total. The first-order valence-corrected chi connectivity index (χ1v) is 5.97. The Morgan fingerprint density at radius 3 is 2.13 bits per heavy atom. The third kappa shape index (κ3) is 2.23. The lowest BCUT2D eigenvalue weighted by atomic mass is 10.00. The fourth-order valence-corrected chi connectivity index (χ4v) is 2.00. The van der Waals surface area contributed by atoms with E-state index in [9.17, 15) is 0 Å². The normalized spacial score (nSPS) is 20.3. The van der Waals surface area contributed by atoms with Crippen LogP contribution in [-0.4, -0.2) is 6.04 Å². The van der Waals surface area contributed by atoms with E-state index in [1.165, 1.54) is 18.4 Å². The summed E-state index contributed by atoms with van der Waals surface area (Å²) < 4.78 is 0. The molecule has 0 aliphatic heterocycles. The zero-order valence-electron chi connectivity index (χ0n) is 9.96. The summed E-state index contributed by atoms with van der Waals surface area (Å²) in [5, 5.41) is 3.78. The molecule has 0 aromatic heterocycles. The van der Waals surface area contributed by atoms with E-state index in [4.69, 9.17) is 0 Å². The zero-order valence-corrected chi connectivity index (χ0v) is 9.96. The Balaban J connectivity index is 2.09. The molecule has 1 unspecified atom stereocenters. The fraction of sp³-hybridized carbons (Fsp3) is 0.571. The molecule has 0 heterocycles. The zero-order chi connectivity index (χ0) is 10.9. The van der Waals surface area contributed by atoms with Crippen molar-refractivity contribution in [2.24, 2.45) is 5.92 Å². The first kappa shape index (κ1) is 10.7. The highest BCUT2D eigenvalue weighted by molar-refractivity contribution is 5.30. The Bertz CT molecular complexity index is 311. The lowest BCUT2D eigenvalue weighted by molar-refractivity contribution is 0.363. The fourth-order valence-electron chi connectivity index (χ4n) is 2.00. The van der Waals surface area contributed by atoms with Crippen LogP contribution in [0.25, 0.3) is 0 Å². The van der Waals surface area contributed by atoms with E-state index >= 15 is 0 Å². The van der Waals surface area contributed by atoms with Crippen LogP contribution in [0.3, 0.4) is 0 Å². The summed E-state index contributed by atoms with van der Waals surface area (Å²) in [7, 11) is 0. The highest BCUT2D eigenvalue weighted by Gasteiger charge is 2.44. The SMILES string of the molecule is CC(C)C(C)NC1(c2ccccc2)CC1. The van der Waals surface area contributed by atoms with Gasteiger partial charge in [-0.3, -0.25) is 0 Å². The summed E-state index contributed by atoms with van der Waals surface area (Å²) in [6, 6.07) is 11.4. The Morgan fingerprint density at radius 2 is 1.67 bits per heavy atom. The lowest BCUT2D eigenvalue weighted by Gasteiger charge is -2.25. The molecule has 0 saturated heterocycles. The summed E-state index contributed by atoms with van der Waals surface area (Å²) in [6.45, 7) is 6.84. The van der Waals surface area contributed by atoms with E-state index in [1.807, 2.05) is 0 Å². The third-order valence-electron chi connectivity index (χ3n) is 3.58. The molecule has 1 aromatic rings. The first-order chi connectivity index (χ1) is 7.14. The molecular formula is C14H21N. The summed E-state index contributed by atoms with van der Waals surface area (Å²) in [6.07, 6.45) is 2.57. The Labute approximate surface area is 92.9 Å². The molecule has 0 radical (unpaired) electrons. The van der Waals surface area contributed by atoms with Gasteiger partial charge in [0, 0.05) is 11.6 Å². The van der Waals surface area contributed by atoms with Crippen LogP contribution in [0.15, 0.2) is 30.3 Å². The lowest BCUT2D eigenvalue weighted by Crippen LogP contribution is -2.39. The van der Waals surface area contributed by atoms with Crippen LogP contribution in [-0.2, 0) is 5.54 Å². The van der Waals surface area contributed by atoms with Gasteiger partial charge in [-0.2, -0.15) is 0 Å². The van der Waals surface area contributed by atoms with Crippen molar-refractivity contribution < 1.29 is 0 Å². The largest absolute Gasteiger partial charge is 0.305 e. The van der Waals surface area contributed by atoms with E-state index in [1.54, 1.807) is 0 Å². The molecule has 2 rings (SSSR count). The summed E-state index contributed by atoms with van der Waals surface area (Å²) >= 11 is 0. The van der Waals surface area contributed by atoms with Gasteiger partial charge < -0.3 is 5.32 Å². The molecule has 82 valence electrons. The summed E-state index contributed by atoms with van der Waals surface area (Å²) in [5.41, 5.74) is 1.75. The van der Waals surface area contributed by atoms with Crippen LogP contribution >= 0.6 is 0 Å². The Morgan fingerprint density at radius 1 is 1.07 bits per heavy atom. The molecule has 1 aromatic carbocycles. The predicted molar refractivity (Wildman–Crippen MR) is 64.8 cm³/mol. The Kier molecular flexibility index (Phi) is 2.83. The van der Waals surface area contributed by atoms with Crippen LogP contribution in [0.2, 0.25) is 0 Å². The van der Waals surface area contributed by atoms with Crippen LogP contribution in [0, 0.1) is 5.92 Å². The highest BCUT2D eigenvalue weighted by Crippen LogP contribution is 2.46. The maximum absolute atomic E-state index is 3.78. The van der Waals surface area contributed by atoms with Gasteiger partial charge in [0.15, 0.2) is 0 Å². The number of benzene rings is 1. The van der Waals surface area contributed by atoms with Gasteiger partial charge in [-0.1, -0.05) is 44.2 Å². The second kappa shape index (κ2) is 3.97. The van der Waals surface area contributed by atoms with Gasteiger partial charge in [0.1, 0.15) is 0 Å². The molecule has 1 saturated carbocycles. The minimum absolute atomic E-state index is 0.297. The van der Waals surface area contributed by atoms with Gasteiger partial charge in [-0.25, -0.2) is 0 Å². The quantitative estimate of drug-likeness (QED) is 0.791. The van der Waals surface area contributed by atoms with E-state index in [-0.39, 0.29) is 0 Å². The van der Waals surface area contributed by atoms with Crippen molar-refractivity contribution in [1.29, 1.82) is 0 Å². The molecule has 0 bridgehead atoms. The van der Waals surface area contributed by atoms with Gasteiger partial charge in [-0.15, -0.1) is 0 Å². The van der Waals surface area contributed by atoms with Crippen molar-refractivity contribution in [2.75, 3.05) is 0 Å². The number of rotatable bonds is 4. The van der Waals surface area contributed by atoms with Gasteiger partial charge in [0.2, 0.25) is 0 Å². The minimum Gasteiger partial charge on any atom is -0.305 e. The molecule has 15 heavy (non-hydrogen) atoms. The van der Waals surface area contributed by atoms with E-state index in [2.05, 4.69) is 56.4 Å². The maximum Gasteiger partial charge on any atom is 0.0438 e. The van der Waals surface area contributed by atoms with Crippen molar-refractivity contribution in [3.05, 3.63) is 35.9 Å². The molecular weight excluding hydrogens is 182 g/mol. The molecule has 1 heteroatoms. The third-order valence-corrected chi connectivity index (χ3v) is 3.58. The molecule has 0 amide bonds. The van der Waals surface area contributed by atoms with E-state index in [0.717, 1.165) is 0 Å². The average Bonchev–Trinajstić information content (AvgIpc) is 3.00. The second-order valence-corrected chi connectivity index (χ2v) is 5.13. The molecule has 1 fully saturated rings. The second-order valence-electron chi connectivity index (χ2n) is 5.13. The minimum atomic E-state index is 0.297. The van der Waals surface area contributed by atoms with Crippen LogP contribution in [0.4, 0.5) is 0 Å². The van der Waals surface area contributed by atoms with Crippen molar-refractivity contribution >= 4 is 0 Å². The van der Waals surface area contributed by atoms with Gasteiger partial charge in [0.05, 0.1) is 0 Å². The molecule has 1 atom stereocenters. The summed E-state index contributed by atoms with van der Waals surface area (Å²) in [5.74, 6) is 0.700. The highest BCUT2D eigenvalue weighted by atomic mass is 15.1. The molecule has 0 spiro atoms. The smallest absolute Gasteiger partial charge is 0.0438 e. The predicted octanol–water partition coefficient (Wildman–Crippen LogP) is 3.31. The van der Waals surface area contributed by atoms with Gasteiger partial charge in [0.25, 0.3) is 0 Å². The van der Waals surface area contributed by atoms with Crippen molar-refractivity contribution in [3.63, 3.8) is 0 Å². The maximum atomic E-state index is 3.78. The van der Waals surface area contributed by atoms with Crippen LogP contribution in [0.5, 0.6) is 0 Å². The van der Waals surface area contributed by atoms with Crippen molar-refractivity contribution in [2.45, 2.75) is 45.2 Å². The van der Waals surface area contributed by atoms with Crippen LogP contribution in [0.1, 0.15) is 39.2 Å². The Hall–Kier alpha value is -0.820. The van der Waals surface area contributed by atoms with E-state index in [0.29, 0.717) is 17.5 Å². The summed E-state index contributed by atoms with van der Waals surface area (Å²) in [4.78, 5) is 0. The molecule has 1 N–H and O–H groups in total. The number of hydrogen-bond acceptors (Lipinski definition) is 1. The standard InChI is InChI=1S/C14H21N/c1-11(2)12(3)15-14(9-10-14)13-7-5-4-6-8-13/h4-8,11-12,15H,9-10H2,1-3H3. The van der Waals surface area contributed by atoms with Crippen molar-refractivity contribution in [3.8, 4) is 0 Å². The number of hydrogen-bond donors (Lipinski definition) is 1. The van der Waals surface area contributed by atoms with Gasteiger partial charge in [-0.05, 0) is 31.2 Å². The van der Waals surface area contributed by atoms with E-state index < -0.39 is 0 Å². The average molecular weight is 203 g/mol. The molecule has 1 aliphatic carbocycles. The monoisotopic (exact) mass is 203 g/mol. The van der Waals surface area contributed by atoms with Crippen molar-refractivity contribution in [1.82, 2.24) is 5.32 Å². The topological polar surface area (TPSA) is 12.0 Å².